The van der Waals surface area contributed by atoms with E-state index in [1.807, 2.05) is 4.90 Å². The van der Waals surface area contributed by atoms with E-state index >= 15 is 0 Å². The highest BCUT2D eigenvalue weighted by molar-refractivity contribution is 6.36. The molecule has 1 amide bonds. The van der Waals surface area contributed by atoms with Crippen LogP contribution in [0, 0.1) is 0 Å². The van der Waals surface area contributed by atoms with E-state index in [9.17, 15) is 4.79 Å². The molecular formula is C12H15Cl2N3O2. The van der Waals surface area contributed by atoms with Crippen molar-refractivity contribution < 1.29 is 9.53 Å². The van der Waals surface area contributed by atoms with Crippen LogP contribution in [-0.2, 0) is 9.53 Å². The highest BCUT2D eigenvalue weighted by Crippen LogP contribution is 2.27. The zero-order valence-electron chi connectivity index (χ0n) is 10.5. The number of rotatable bonds is 3. The van der Waals surface area contributed by atoms with Gasteiger partial charge in [-0.3, -0.25) is 4.79 Å². The van der Waals surface area contributed by atoms with Gasteiger partial charge in [0.1, 0.15) is 5.82 Å². The van der Waals surface area contributed by atoms with Crippen LogP contribution >= 0.6 is 23.2 Å². The van der Waals surface area contributed by atoms with Crippen LogP contribution in [0.25, 0.3) is 0 Å². The maximum atomic E-state index is 10.9. The van der Waals surface area contributed by atoms with Crippen LogP contribution in [0.2, 0.25) is 10.0 Å². The third kappa shape index (κ3) is 3.96. The SMILES string of the molecule is CC(=O)NCC1CN(c2ncc(Cl)cc2Cl)CCO1. The van der Waals surface area contributed by atoms with Crippen LogP contribution < -0.4 is 10.2 Å². The minimum Gasteiger partial charge on any atom is -0.373 e. The fraction of sp³-hybridized carbons (Fsp3) is 0.500. The number of anilines is 1. The van der Waals surface area contributed by atoms with Gasteiger partial charge in [-0.1, -0.05) is 23.2 Å². The summed E-state index contributed by atoms with van der Waals surface area (Å²) in [6.45, 7) is 3.89. The number of nitrogens with one attached hydrogen (secondary N) is 1. The maximum absolute atomic E-state index is 10.9. The van der Waals surface area contributed by atoms with Gasteiger partial charge in [-0.15, -0.1) is 0 Å². The number of amides is 1. The first-order valence-electron chi connectivity index (χ1n) is 5.98. The molecule has 19 heavy (non-hydrogen) atoms. The molecule has 5 nitrogen and oxygen atoms in total. The maximum Gasteiger partial charge on any atom is 0.216 e. The second-order valence-corrected chi connectivity index (χ2v) is 5.18. The van der Waals surface area contributed by atoms with E-state index in [1.165, 1.54) is 6.92 Å². The molecule has 0 aliphatic carbocycles. The third-order valence-corrected chi connectivity index (χ3v) is 3.29. The lowest BCUT2D eigenvalue weighted by atomic mass is 10.2. The van der Waals surface area contributed by atoms with Crippen molar-refractivity contribution in [1.82, 2.24) is 10.3 Å². The van der Waals surface area contributed by atoms with Gasteiger partial charge < -0.3 is 15.0 Å². The summed E-state index contributed by atoms with van der Waals surface area (Å²) in [5.41, 5.74) is 0. The Hall–Kier alpha value is -1.04. The number of halogens is 2. The Kier molecular flexibility index (Phi) is 4.85. The topological polar surface area (TPSA) is 54.5 Å². The highest BCUT2D eigenvalue weighted by atomic mass is 35.5. The van der Waals surface area contributed by atoms with Gasteiger partial charge in [-0.05, 0) is 6.07 Å². The molecule has 1 N–H and O–H groups in total. The first-order valence-corrected chi connectivity index (χ1v) is 6.74. The average molecular weight is 304 g/mol. The fourth-order valence-corrected chi connectivity index (χ4v) is 2.43. The van der Waals surface area contributed by atoms with Crippen LogP contribution in [0.15, 0.2) is 12.3 Å². The van der Waals surface area contributed by atoms with Crippen molar-refractivity contribution in [3.05, 3.63) is 22.3 Å². The summed E-state index contributed by atoms with van der Waals surface area (Å²) >= 11 is 12.0. The summed E-state index contributed by atoms with van der Waals surface area (Å²) in [7, 11) is 0. The Labute approximate surface area is 121 Å². The van der Waals surface area contributed by atoms with Crippen molar-refractivity contribution in [2.24, 2.45) is 0 Å². The number of pyridine rings is 1. The quantitative estimate of drug-likeness (QED) is 0.924. The van der Waals surface area contributed by atoms with Crippen molar-refractivity contribution in [2.75, 3.05) is 31.1 Å². The normalized spacial score (nSPS) is 19.3. The Bertz CT molecular complexity index is 470. The number of morpholine rings is 1. The van der Waals surface area contributed by atoms with Crippen LogP contribution in [-0.4, -0.2) is 43.2 Å². The van der Waals surface area contributed by atoms with Crippen LogP contribution in [0.3, 0.4) is 0 Å². The number of carbonyl (C=O) groups excluding carboxylic acids is 1. The van der Waals surface area contributed by atoms with E-state index in [1.54, 1.807) is 12.3 Å². The molecule has 1 aromatic rings. The molecule has 1 saturated heterocycles. The molecule has 1 atom stereocenters. The molecule has 2 rings (SSSR count). The minimum absolute atomic E-state index is 0.0637. The molecule has 1 unspecified atom stereocenters. The third-order valence-electron chi connectivity index (χ3n) is 2.81. The Morgan fingerprint density at radius 1 is 1.63 bits per heavy atom. The minimum atomic E-state index is -0.0663. The first kappa shape index (κ1) is 14.4. The predicted molar refractivity (Wildman–Crippen MR) is 74.9 cm³/mol. The van der Waals surface area contributed by atoms with Crippen molar-refractivity contribution in [3.8, 4) is 0 Å². The molecule has 0 bridgehead atoms. The second kappa shape index (κ2) is 6.41. The summed E-state index contributed by atoms with van der Waals surface area (Å²) in [5, 5.41) is 3.78. The van der Waals surface area contributed by atoms with Crippen molar-refractivity contribution in [1.29, 1.82) is 0 Å². The van der Waals surface area contributed by atoms with Gasteiger partial charge in [0.15, 0.2) is 0 Å². The summed E-state index contributed by atoms with van der Waals surface area (Å²) in [4.78, 5) is 17.2. The van der Waals surface area contributed by atoms with Gasteiger partial charge >= 0.3 is 0 Å². The largest absolute Gasteiger partial charge is 0.373 e. The molecule has 0 radical (unpaired) electrons. The van der Waals surface area contributed by atoms with E-state index < -0.39 is 0 Å². The molecule has 0 aromatic carbocycles. The van der Waals surface area contributed by atoms with Crippen molar-refractivity contribution in [3.63, 3.8) is 0 Å². The number of carbonyl (C=O) groups is 1. The molecule has 7 heteroatoms. The monoisotopic (exact) mass is 303 g/mol. The van der Waals surface area contributed by atoms with Crippen LogP contribution in [0.4, 0.5) is 5.82 Å². The number of aromatic nitrogens is 1. The number of hydrogen-bond acceptors (Lipinski definition) is 4. The van der Waals surface area contributed by atoms with Gasteiger partial charge in [-0.2, -0.15) is 0 Å². The summed E-state index contributed by atoms with van der Waals surface area (Å²) < 4.78 is 5.59. The summed E-state index contributed by atoms with van der Waals surface area (Å²) in [5.74, 6) is 0.630. The molecule has 0 saturated carbocycles. The average Bonchev–Trinajstić information content (AvgIpc) is 2.36. The fourth-order valence-electron chi connectivity index (χ4n) is 1.93. The lowest BCUT2D eigenvalue weighted by molar-refractivity contribution is -0.119. The second-order valence-electron chi connectivity index (χ2n) is 4.33. The lowest BCUT2D eigenvalue weighted by Crippen LogP contribution is -2.47. The standard InChI is InChI=1S/C12H15Cl2N3O2/c1-8(18)15-6-10-7-17(2-3-19-10)12-11(14)4-9(13)5-16-12/h4-5,10H,2-3,6-7H2,1H3,(H,15,18). The molecule has 0 spiro atoms. The van der Waals surface area contributed by atoms with E-state index in [0.29, 0.717) is 42.1 Å². The predicted octanol–water partition coefficient (Wildman–Crippen LogP) is 1.73. The van der Waals surface area contributed by atoms with Crippen molar-refractivity contribution in [2.45, 2.75) is 13.0 Å². The van der Waals surface area contributed by atoms with Gasteiger partial charge in [0, 0.05) is 32.8 Å². The Balaban J connectivity index is 2.02. The molecule has 1 aliphatic rings. The lowest BCUT2D eigenvalue weighted by Gasteiger charge is -2.34. The smallest absolute Gasteiger partial charge is 0.216 e. The summed E-state index contributed by atoms with van der Waals surface area (Å²) in [6.07, 6.45) is 1.51. The Morgan fingerprint density at radius 3 is 3.11 bits per heavy atom. The molecule has 2 heterocycles. The molecule has 1 fully saturated rings. The number of nitrogens with zero attached hydrogens (tertiary/aromatic N) is 2. The zero-order chi connectivity index (χ0) is 13.8. The van der Waals surface area contributed by atoms with Gasteiger partial charge in [0.2, 0.25) is 5.91 Å². The van der Waals surface area contributed by atoms with Crippen LogP contribution in [0.5, 0.6) is 0 Å². The zero-order valence-corrected chi connectivity index (χ0v) is 12.0. The Morgan fingerprint density at radius 2 is 2.42 bits per heavy atom. The molecule has 1 aliphatic heterocycles. The summed E-state index contributed by atoms with van der Waals surface area (Å²) in [6, 6.07) is 1.67. The van der Waals surface area contributed by atoms with E-state index in [-0.39, 0.29) is 12.0 Å². The number of hydrogen-bond donors (Lipinski definition) is 1. The van der Waals surface area contributed by atoms with Gasteiger partial charge in [0.25, 0.3) is 0 Å². The van der Waals surface area contributed by atoms with E-state index in [4.69, 9.17) is 27.9 Å². The molecule has 104 valence electrons. The molecule has 1 aromatic heterocycles. The van der Waals surface area contributed by atoms with E-state index in [2.05, 4.69) is 10.3 Å². The van der Waals surface area contributed by atoms with E-state index in [0.717, 1.165) is 0 Å². The van der Waals surface area contributed by atoms with Crippen molar-refractivity contribution >= 4 is 34.9 Å². The van der Waals surface area contributed by atoms with Crippen LogP contribution in [0.1, 0.15) is 6.92 Å². The molecular weight excluding hydrogens is 289 g/mol. The van der Waals surface area contributed by atoms with Gasteiger partial charge in [0.05, 0.1) is 22.8 Å². The highest BCUT2D eigenvalue weighted by Gasteiger charge is 2.23. The van der Waals surface area contributed by atoms with Gasteiger partial charge in [-0.25, -0.2) is 4.98 Å². The first-order chi connectivity index (χ1) is 9.06. The number of ether oxygens (including phenoxy) is 1.